The second-order valence-electron chi connectivity index (χ2n) is 3.56. The first-order valence-corrected chi connectivity index (χ1v) is 4.84. The van der Waals surface area contributed by atoms with Crippen LogP contribution in [0.4, 0.5) is 0 Å². The van der Waals surface area contributed by atoms with Crippen molar-refractivity contribution in [3.05, 3.63) is 35.5 Å². The van der Waals surface area contributed by atoms with Crippen LogP contribution < -0.4 is 0 Å². The van der Waals surface area contributed by atoms with E-state index >= 15 is 0 Å². The Morgan fingerprint density at radius 1 is 1.62 bits per heavy atom. The summed E-state index contributed by atoms with van der Waals surface area (Å²) in [4.78, 5) is 13.4. The van der Waals surface area contributed by atoms with E-state index in [0.717, 1.165) is 11.5 Å². The molecule has 0 saturated carbocycles. The molecule has 0 aromatic carbocycles. The Hall–Kier alpha value is -2.11. The Morgan fingerprint density at radius 2 is 2.44 bits per heavy atom. The van der Waals surface area contributed by atoms with Crippen molar-refractivity contribution in [1.82, 2.24) is 20.3 Å². The van der Waals surface area contributed by atoms with Gasteiger partial charge in [0.25, 0.3) is 5.91 Å². The Morgan fingerprint density at radius 3 is 3.00 bits per heavy atom. The number of carbonyl (C=O) groups excluding carboxylic acids is 1. The topological polar surface area (TPSA) is 75.0 Å². The van der Waals surface area contributed by atoms with E-state index in [-0.39, 0.29) is 5.91 Å². The van der Waals surface area contributed by atoms with E-state index in [2.05, 4.69) is 15.4 Å². The van der Waals surface area contributed by atoms with E-state index in [1.54, 1.807) is 30.3 Å². The first-order valence-electron chi connectivity index (χ1n) is 4.84. The van der Waals surface area contributed by atoms with Crippen LogP contribution in [0.25, 0.3) is 0 Å². The molecule has 0 aliphatic heterocycles. The molecule has 0 unspecified atom stereocenters. The number of hydrogen-bond acceptors (Lipinski definition) is 4. The maximum Gasteiger partial charge on any atom is 0.271 e. The number of carbonyl (C=O) groups is 1. The minimum absolute atomic E-state index is 0.127. The Labute approximate surface area is 92.2 Å². The number of hydrogen-bond donors (Lipinski definition) is 1. The van der Waals surface area contributed by atoms with Crippen LogP contribution in [0.1, 0.15) is 21.9 Å². The third-order valence-corrected chi connectivity index (χ3v) is 2.15. The number of amides is 1. The molecule has 2 aromatic heterocycles. The quantitative estimate of drug-likeness (QED) is 0.836. The Balaban J connectivity index is 2.03. The van der Waals surface area contributed by atoms with Gasteiger partial charge in [0.05, 0.1) is 6.54 Å². The SMILES string of the molecule is Cc1cc(CN(C)C(=O)c2ccn[nH]2)no1. The van der Waals surface area contributed by atoms with Gasteiger partial charge in [0, 0.05) is 19.3 Å². The van der Waals surface area contributed by atoms with E-state index in [1.807, 2.05) is 6.92 Å². The molecule has 1 amide bonds. The molecule has 6 heteroatoms. The van der Waals surface area contributed by atoms with Gasteiger partial charge in [0.15, 0.2) is 0 Å². The minimum atomic E-state index is -0.127. The lowest BCUT2D eigenvalue weighted by atomic mass is 10.3. The van der Waals surface area contributed by atoms with Gasteiger partial charge >= 0.3 is 0 Å². The largest absolute Gasteiger partial charge is 0.361 e. The summed E-state index contributed by atoms with van der Waals surface area (Å²) in [7, 11) is 1.70. The highest BCUT2D eigenvalue weighted by Gasteiger charge is 2.14. The first kappa shape index (κ1) is 10.4. The lowest BCUT2D eigenvalue weighted by molar-refractivity contribution is 0.0776. The van der Waals surface area contributed by atoms with Crippen molar-refractivity contribution >= 4 is 5.91 Å². The number of aryl methyl sites for hydroxylation is 1. The Kier molecular flexibility index (Phi) is 2.72. The number of aromatic amines is 1. The summed E-state index contributed by atoms with van der Waals surface area (Å²) < 4.78 is 4.93. The second-order valence-corrected chi connectivity index (χ2v) is 3.56. The maximum absolute atomic E-state index is 11.8. The van der Waals surface area contributed by atoms with Gasteiger partial charge in [-0.05, 0) is 13.0 Å². The molecule has 0 saturated heterocycles. The van der Waals surface area contributed by atoms with Gasteiger partial charge in [-0.1, -0.05) is 5.16 Å². The molecular formula is C10H12N4O2. The molecule has 84 valence electrons. The summed E-state index contributed by atoms with van der Waals surface area (Å²) in [6.07, 6.45) is 1.54. The monoisotopic (exact) mass is 220 g/mol. The van der Waals surface area contributed by atoms with Crippen LogP contribution in [-0.2, 0) is 6.54 Å². The van der Waals surface area contributed by atoms with Crippen LogP contribution in [-0.4, -0.2) is 33.2 Å². The summed E-state index contributed by atoms with van der Waals surface area (Å²) in [5.74, 6) is 0.607. The standard InChI is InChI=1S/C10H12N4O2/c1-7-5-8(13-16-7)6-14(2)10(15)9-3-4-11-12-9/h3-5H,6H2,1-2H3,(H,11,12). The molecule has 1 N–H and O–H groups in total. The highest BCUT2D eigenvalue weighted by molar-refractivity contribution is 5.91. The summed E-state index contributed by atoms with van der Waals surface area (Å²) in [6.45, 7) is 2.22. The third kappa shape index (κ3) is 2.10. The molecule has 0 aliphatic rings. The van der Waals surface area contributed by atoms with Crippen molar-refractivity contribution in [1.29, 1.82) is 0 Å². The molecule has 0 fully saturated rings. The summed E-state index contributed by atoms with van der Waals surface area (Å²) in [5.41, 5.74) is 1.19. The van der Waals surface area contributed by atoms with Gasteiger partial charge in [0.1, 0.15) is 17.1 Å². The normalized spacial score (nSPS) is 10.4. The van der Waals surface area contributed by atoms with Crippen LogP contribution in [0.15, 0.2) is 22.9 Å². The molecule has 0 atom stereocenters. The van der Waals surface area contributed by atoms with Crippen molar-refractivity contribution < 1.29 is 9.32 Å². The molecule has 2 rings (SSSR count). The van der Waals surface area contributed by atoms with E-state index in [9.17, 15) is 4.79 Å². The molecule has 0 spiro atoms. The second kappa shape index (κ2) is 4.18. The van der Waals surface area contributed by atoms with Crippen molar-refractivity contribution in [2.75, 3.05) is 7.05 Å². The van der Waals surface area contributed by atoms with Gasteiger partial charge < -0.3 is 9.42 Å². The van der Waals surface area contributed by atoms with Crippen LogP contribution in [0.2, 0.25) is 0 Å². The zero-order chi connectivity index (χ0) is 11.5. The summed E-state index contributed by atoms with van der Waals surface area (Å²) >= 11 is 0. The van der Waals surface area contributed by atoms with E-state index < -0.39 is 0 Å². The molecule has 2 aromatic rings. The molecular weight excluding hydrogens is 208 g/mol. The number of aromatic nitrogens is 3. The smallest absolute Gasteiger partial charge is 0.271 e. The van der Waals surface area contributed by atoms with E-state index in [1.165, 1.54) is 0 Å². The molecule has 0 bridgehead atoms. The summed E-state index contributed by atoms with van der Waals surface area (Å²) in [5, 5.41) is 10.2. The molecule has 2 heterocycles. The minimum Gasteiger partial charge on any atom is -0.361 e. The summed E-state index contributed by atoms with van der Waals surface area (Å²) in [6, 6.07) is 3.43. The number of nitrogens with one attached hydrogen (secondary N) is 1. The molecule has 6 nitrogen and oxygen atoms in total. The zero-order valence-corrected chi connectivity index (χ0v) is 9.10. The molecule has 0 aliphatic carbocycles. The number of rotatable bonds is 3. The predicted octanol–water partition coefficient (Wildman–Crippen LogP) is 0.978. The fraction of sp³-hybridized carbons (Fsp3) is 0.300. The number of H-pyrrole nitrogens is 1. The lowest BCUT2D eigenvalue weighted by Gasteiger charge is -2.13. The first-order chi connectivity index (χ1) is 7.66. The number of nitrogens with zero attached hydrogens (tertiary/aromatic N) is 3. The van der Waals surface area contributed by atoms with Crippen molar-refractivity contribution in [3.63, 3.8) is 0 Å². The Bertz CT molecular complexity index is 475. The van der Waals surface area contributed by atoms with Gasteiger partial charge in [0.2, 0.25) is 0 Å². The fourth-order valence-electron chi connectivity index (χ4n) is 1.39. The van der Waals surface area contributed by atoms with Crippen molar-refractivity contribution in [2.24, 2.45) is 0 Å². The van der Waals surface area contributed by atoms with Gasteiger partial charge in [-0.3, -0.25) is 9.89 Å². The van der Waals surface area contributed by atoms with Crippen LogP contribution >= 0.6 is 0 Å². The fourth-order valence-corrected chi connectivity index (χ4v) is 1.39. The van der Waals surface area contributed by atoms with Crippen LogP contribution in [0.5, 0.6) is 0 Å². The van der Waals surface area contributed by atoms with Crippen molar-refractivity contribution in [2.45, 2.75) is 13.5 Å². The maximum atomic E-state index is 11.8. The predicted molar refractivity (Wildman–Crippen MR) is 55.6 cm³/mol. The van der Waals surface area contributed by atoms with Crippen LogP contribution in [0, 0.1) is 6.92 Å². The van der Waals surface area contributed by atoms with E-state index in [4.69, 9.17) is 4.52 Å². The van der Waals surface area contributed by atoms with Gasteiger partial charge in [-0.25, -0.2) is 0 Å². The van der Waals surface area contributed by atoms with Crippen LogP contribution in [0.3, 0.4) is 0 Å². The average Bonchev–Trinajstić information content (AvgIpc) is 2.88. The highest BCUT2D eigenvalue weighted by Crippen LogP contribution is 2.06. The third-order valence-electron chi connectivity index (χ3n) is 2.15. The zero-order valence-electron chi connectivity index (χ0n) is 9.10. The van der Waals surface area contributed by atoms with E-state index in [0.29, 0.717) is 12.2 Å². The van der Waals surface area contributed by atoms with Gasteiger partial charge in [-0.15, -0.1) is 0 Å². The van der Waals surface area contributed by atoms with Gasteiger partial charge in [-0.2, -0.15) is 5.10 Å². The molecule has 16 heavy (non-hydrogen) atoms. The highest BCUT2D eigenvalue weighted by atomic mass is 16.5. The molecule has 0 radical (unpaired) electrons. The lowest BCUT2D eigenvalue weighted by Crippen LogP contribution is -2.26. The average molecular weight is 220 g/mol. The van der Waals surface area contributed by atoms with Crippen molar-refractivity contribution in [3.8, 4) is 0 Å².